The lowest BCUT2D eigenvalue weighted by molar-refractivity contribution is -0.147. The Balaban J connectivity index is 4.09. The monoisotopic (exact) mass is 344 g/mol. The molecule has 0 rings (SSSR count). The highest BCUT2D eigenvalue weighted by atomic mass is 16.5. The maximum absolute atomic E-state index is 11.7. The average molecular weight is 344 g/mol. The molecule has 0 unspecified atom stereocenters. The number of hydrogen-bond acceptors (Lipinski definition) is 6. The van der Waals surface area contributed by atoms with E-state index in [1.165, 1.54) is 25.7 Å². The Labute approximate surface area is 143 Å². The molecular formula is C16H28N2O6. The summed E-state index contributed by atoms with van der Waals surface area (Å²) in [5.41, 5.74) is 0. The van der Waals surface area contributed by atoms with E-state index in [2.05, 4.69) is 0 Å². The number of rotatable bonds is 11. The first kappa shape index (κ1) is 21.9. The zero-order valence-electron chi connectivity index (χ0n) is 15.0. The van der Waals surface area contributed by atoms with Crippen LogP contribution >= 0.6 is 0 Å². The van der Waals surface area contributed by atoms with Crippen LogP contribution in [0, 0.1) is 0 Å². The van der Waals surface area contributed by atoms with Gasteiger partial charge in [-0.3, -0.25) is 19.2 Å². The van der Waals surface area contributed by atoms with Crippen LogP contribution in [0.25, 0.3) is 0 Å². The molecule has 0 bridgehead atoms. The maximum atomic E-state index is 11.7. The van der Waals surface area contributed by atoms with Gasteiger partial charge in [-0.05, 0) is 6.42 Å². The molecule has 0 N–H and O–H groups in total. The highest BCUT2D eigenvalue weighted by Crippen LogP contribution is 1.98. The van der Waals surface area contributed by atoms with Crippen molar-refractivity contribution in [1.29, 1.82) is 0 Å². The van der Waals surface area contributed by atoms with Crippen LogP contribution in [0.3, 0.4) is 0 Å². The molecule has 0 radical (unpaired) electrons. The van der Waals surface area contributed by atoms with Gasteiger partial charge < -0.3 is 19.3 Å². The lowest BCUT2D eigenvalue weighted by atomic mass is 10.3. The summed E-state index contributed by atoms with van der Waals surface area (Å²) >= 11 is 0. The van der Waals surface area contributed by atoms with Crippen molar-refractivity contribution in [2.24, 2.45) is 0 Å². The minimum atomic E-state index is -0.436. The quantitative estimate of drug-likeness (QED) is 0.509. The molecule has 0 aliphatic heterocycles. The summed E-state index contributed by atoms with van der Waals surface area (Å²) in [6.07, 6.45) is 0.886. The highest BCUT2D eigenvalue weighted by molar-refractivity contribution is 5.75. The SMILES string of the molecule is CCCN(CCOC(=O)CCN(CCOC(C)=O)C(C)=O)C(C)=O. The molecule has 0 aromatic carbocycles. The van der Waals surface area contributed by atoms with E-state index in [0.29, 0.717) is 13.1 Å². The molecule has 8 nitrogen and oxygen atoms in total. The summed E-state index contributed by atoms with van der Waals surface area (Å²) in [5, 5.41) is 0. The van der Waals surface area contributed by atoms with E-state index in [4.69, 9.17) is 9.47 Å². The largest absolute Gasteiger partial charge is 0.464 e. The van der Waals surface area contributed by atoms with Gasteiger partial charge in [-0.25, -0.2) is 0 Å². The van der Waals surface area contributed by atoms with Crippen LogP contribution in [0.1, 0.15) is 40.5 Å². The summed E-state index contributed by atoms with van der Waals surface area (Å²) in [6.45, 7) is 7.75. The second kappa shape index (κ2) is 12.3. The van der Waals surface area contributed by atoms with Gasteiger partial charge in [0.25, 0.3) is 0 Å². The summed E-state index contributed by atoms with van der Waals surface area (Å²) in [6, 6.07) is 0. The van der Waals surface area contributed by atoms with Gasteiger partial charge >= 0.3 is 11.9 Å². The predicted molar refractivity (Wildman–Crippen MR) is 87.0 cm³/mol. The van der Waals surface area contributed by atoms with E-state index >= 15 is 0 Å². The number of nitrogens with zero attached hydrogens (tertiary/aromatic N) is 2. The molecule has 0 saturated heterocycles. The summed E-state index contributed by atoms with van der Waals surface area (Å²) in [7, 11) is 0. The number of esters is 2. The lowest BCUT2D eigenvalue weighted by Crippen LogP contribution is -2.35. The Morgan fingerprint density at radius 1 is 0.750 bits per heavy atom. The Hall–Kier alpha value is -2.12. The van der Waals surface area contributed by atoms with Crippen molar-refractivity contribution in [3.05, 3.63) is 0 Å². The first-order chi connectivity index (χ1) is 11.3. The first-order valence-electron chi connectivity index (χ1n) is 8.07. The van der Waals surface area contributed by atoms with E-state index in [0.717, 1.165) is 6.42 Å². The number of carbonyl (C=O) groups is 4. The maximum Gasteiger partial charge on any atom is 0.307 e. The fraction of sp³-hybridized carbons (Fsp3) is 0.750. The molecule has 0 heterocycles. The Morgan fingerprint density at radius 2 is 1.25 bits per heavy atom. The molecule has 8 heteroatoms. The van der Waals surface area contributed by atoms with Crippen molar-refractivity contribution in [1.82, 2.24) is 9.80 Å². The number of ether oxygens (including phenoxy) is 2. The van der Waals surface area contributed by atoms with E-state index in [9.17, 15) is 19.2 Å². The molecule has 0 saturated carbocycles. The van der Waals surface area contributed by atoms with E-state index in [1.54, 1.807) is 4.90 Å². The normalized spacial score (nSPS) is 10.0. The van der Waals surface area contributed by atoms with Crippen molar-refractivity contribution in [2.45, 2.75) is 40.5 Å². The topological polar surface area (TPSA) is 93.2 Å². The third-order valence-corrected chi connectivity index (χ3v) is 3.26. The third-order valence-electron chi connectivity index (χ3n) is 3.26. The van der Waals surface area contributed by atoms with Crippen molar-refractivity contribution in [3.8, 4) is 0 Å². The molecule has 0 aliphatic carbocycles. The molecule has 0 aromatic heterocycles. The van der Waals surface area contributed by atoms with Crippen molar-refractivity contribution < 1.29 is 28.7 Å². The van der Waals surface area contributed by atoms with Crippen LogP contribution in [-0.2, 0) is 28.7 Å². The minimum absolute atomic E-state index is 0.0491. The van der Waals surface area contributed by atoms with Gasteiger partial charge in [0.15, 0.2) is 0 Å². The zero-order valence-corrected chi connectivity index (χ0v) is 15.0. The Kier molecular flexibility index (Phi) is 11.2. The summed E-state index contributed by atoms with van der Waals surface area (Å²) in [4.78, 5) is 48.3. The van der Waals surface area contributed by atoms with Crippen molar-refractivity contribution in [3.63, 3.8) is 0 Å². The summed E-state index contributed by atoms with van der Waals surface area (Å²) < 4.78 is 9.87. The van der Waals surface area contributed by atoms with Crippen molar-refractivity contribution >= 4 is 23.8 Å². The second-order valence-corrected chi connectivity index (χ2v) is 5.32. The van der Waals surface area contributed by atoms with Crippen LogP contribution in [0.2, 0.25) is 0 Å². The van der Waals surface area contributed by atoms with Gasteiger partial charge in [-0.2, -0.15) is 0 Å². The molecule has 0 spiro atoms. The minimum Gasteiger partial charge on any atom is -0.464 e. The smallest absolute Gasteiger partial charge is 0.307 e. The second-order valence-electron chi connectivity index (χ2n) is 5.32. The molecule has 24 heavy (non-hydrogen) atoms. The molecular weight excluding hydrogens is 316 g/mol. The molecule has 0 aliphatic rings. The lowest BCUT2D eigenvalue weighted by Gasteiger charge is -2.21. The van der Waals surface area contributed by atoms with E-state index < -0.39 is 11.9 Å². The highest BCUT2D eigenvalue weighted by Gasteiger charge is 2.13. The Bertz CT molecular complexity index is 438. The van der Waals surface area contributed by atoms with E-state index in [-0.39, 0.29) is 44.5 Å². The fourth-order valence-corrected chi connectivity index (χ4v) is 1.99. The van der Waals surface area contributed by atoms with E-state index in [1.807, 2.05) is 6.92 Å². The van der Waals surface area contributed by atoms with Crippen LogP contribution in [0.15, 0.2) is 0 Å². The van der Waals surface area contributed by atoms with Crippen LogP contribution in [0.4, 0.5) is 0 Å². The fourth-order valence-electron chi connectivity index (χ4n) is 1.99. The molecule has 138 valence electrons. The summed E-state index contributed by atoms with van der Waals surface area (Å²) in [5.74, 6) is -1.12. The molecule has 0 atom stereocenters. The van der Waals surface area contributed by atoms with Gasteiger partial charge in [0.05, 0.1) is 19.5 Å². The van der Waals surface area contributed by atoms with Crippen molar-refractivity contribution in [2.75, 3.05) is 39.4 Å². The first-order valence-corrected chi connectivity index (χ1v) is 8.07. The number of amides is 2. The van der Waals surface area contributed by atoms with Gasteiger partial charge in [0.1, 0.15) is 13.2 Å². The molecule has 2 amide bonds. The number of hydrogen-bond donors (Lipinski definition) is 0. The molecule has 0 aromatic rings. The van der Waals surface area contributed by atoms with Gasteiger partial charge in [0, 0.05) is 33.9 Å². The number of carbonyl (C=O) groups excluding carboxylic acids is 4. The van der Waals surface area contributed by atoms with Crippen LogP contribution < -0.4 is 0 Å². The standard InChI is InChI=1S/C16H28N2O6/c1-5-7-17(13(2)19)10-12-24-16(22)6-8-18(14(3)20)9-11-23-15(4)21/h5-12H2,1-4H3. The zero-order chi connectivity index (χ0) is 18.5. The Morgan fingerprint density at radius 3 is 1.71 bits per heavy atom. The van der Waals surface area contributed by atoms with Crippen LogP contribution in [0.5, 0.6) is 0 Å². The average Bonchev–Trinajstić information content (AvgIpc) is 2.48. The van der Waals surface area contributed by atoms with Crippen LogP contribution in [-0.4, -0.2) is 72.9 Å². The van der Waals surface area contributed by atoms with Gasteiger partial charge in [0.2, 0.25) is 11.8 Å². The van der Waals surface area contributed by atoms with Gasteiger partial charge in [-0.1, -0.05) is 6.92 Å². The molecule has 0 fully saturated rings. The predicted octanol–water partition coefficient (Wildman–Crippen LogP) is 0.590. The third kappa shape index (κ3) is 10.6. The van der Waals surface area contributed by atoms with Gasteiger partial charge in [-0.15, -0.1) is 0 Å².